The summed E-state index contributed by atoms with van der Waals surface area (Å²) in [5.41, 5.74) is 8.86. The Labute approximate surface area is 193 Å². The minimum atomic E-state index is 0.931. The second kappa shape index (κ2) is 8.40. The van der Waals surface area contributed by atoms with E-state index in [0.29, 0.717) is 0 Å². The lowest BCUT2D eigenvalue weighted by molar-refractivity contribution is 1.13. The standard InChI is InChI=1S/C31H24N2/c1-2-6-23(7-3-1)20-24-10-12-25(13-11-24)21-26-14-16-27(17-15-26)33-30-9-5-4-8-28(30)29-18-19-32-22-31(29)33/h1-19,22H,20-21H2. The van der Waals surface area contributed by atoms with E-state index in [0.717, 1.165) is 24.0 Å². The van der Waals surface area contributed by atoms with E-state index >= 15 is 0 Å². The van der Waals surface area contributed by atoms with Gasteiger partial charge in [0.2, 0.25) is 0 Å². The van der Waals surface area contributed by atoms with Crippen LogP contribution in [0.25, 0.3) is 27.5 Å². The second-order valence-corrected chi connectivity index (χ2v) is 8.57. The highest BCUT2D eigenvalue weighted by molar-refractivity contribution is 6.08. The number of nitrogens with zero attached hydrogens (tertiary/aromatic N) is 2. The normalized spacial score (nSPS) is 11.3. The Kier molecular flexibility index (Phi) is 4.97. The maximum atomic E-state index is 4.38. The lowest BCUT2D eigenvalue weighted by atomic mass is 10.0. The van der Waals surface area contributed by atoms with Crippen LogP contribution in [0, 0.1) is 0 Å². The fourth-order valence-corrected chi connectivity index (χ4v) is 4.70. The molecule has 158 valence electrons. The molecule has 0 N–H and O–H groups in total. The summed E-state index contributed by atoms with van der Waals surface area (Å²) < 4.78 is 2.31. The van der Waals surface area contributed by atoms with E-state index in [4.69, 9.17) is 0 Å². The molecule has 0 aliphatic carbocycles. The van der Waals surface area contributed by atoms with Crippen LogP contribution in [0.3, 0.4) is 0 Å². The van der Waals surface area contributed by atoms with Gasteiger partial charge in [0.15, 0.2) is 0 Å². The fraction of sp³-hybridized carbons (Fsp3) is 0.0645. The predicted octanol–water partition coefficient (Wildman–Crippen LogP) is 7.36. The molecule has 33 heavy (non-hydrogen) atoms. The van der Waals surface area contributed by atoms with Crippen LogP contribution < -0.4 is 0 Å². The molecule has 0 radical (unpaired) electrons. The zero-order chi connectivity index (χ0) is 22.0. The van der Waals surface area contributed by atoms with Gasteiger partial charge in [0, 0.05) is 22.7 Å². The lowest BCUT2D eigenvalue weighted by Gasteiger charge is -2.09. The molecule has 2 heterocycles. The third-order valence-electron chi connectivity index (χ3n) is 6.35. The SMILES string of the molecule is c1ccc(Cc2ccc(Cc3ccc(-n4c5ccccc5c5ccncc54)cc3)cc2)cc1. The maximum Gasteiger partial charge on any atom is 0.0724 e. The maximum absolute atomic E-state index is 4.38. The predicted molar refractivity (Wildman–Crippen MR) is 137 cm³/mol. The minimum Gasteiger partial charge on any atom is -0.308 e. The lowest BCUT2D eigenvalue weighted by Crippen LogP contribution is -1.95. The molecule has 2 nitrogen and oxygen atoms in total. The molecule has 0 fully saturated rings. The monoisotopic (exact) mass is 424 g/mol. The molecule has 6 rings (SSSR count). The smallest absolute Gasteiger partial charge is 0.0724 e. The van der Waals surface area contributed by atoms with Gasteiger partial charge in [-0.2, -0.15) is 0 Å². The van der Waals surface area contributed by atoms with Crippen LogP contribution in [0.15, 0.2) is 122 Å². The van der Waals surface area contributed by atoms with Crippen molar-refractivity contribution in [1.29, 1.82) is 0 Å². The summed E-state index contributed by atoms with van der Waals surface area (Å²) in [5.74, 6) is 0. The zero-order valence-electron chi connectivity index (χ0n) is 18.4. The van der Waals surface area contributed by atoms with Gasteiger partial charge in [-0.1, -0.05) is 84.9 Å². The molecular formula is C31H24N2. The summed E-state index contributed by atoms with van der Waals surface area (Å²) in [5, 5.41) is 2.50. The number of hydrogen-bond acceptors (Lipinski definition) is 1. The number of fused-ring (bicyclic) bond motifs is 3. The number of hydrogen-bond donors (Lipinski definition) is 0. The van der Waals surface area contributed by atoms with E-state index in [2.05, 4.69) is 119 Å². The number of rotatable bonds is 5. The number of para-hydroxylation sites is 1. The molecule has 6 aromatic rings. The van der Waals surface area contributed by atoms with E-state index in [1.165, 1.54) is 38.5 Å². The first-order valence-electron chi connectivity index (χ1n) is 11.4. The van der Waals surface area contributed by atoms with Crippen molar-refractivity contribution in [3.8, 4) is 5.69 Å². The minimum absolute atomic E-state index is 0.931. The van der Waals surface area contributed by atoms with Gasteiger partial charge in [-0.3, -0.25) is 4.98 Å². The second-order valence-electron chi connectivity index (χ2n) is 8.57. The Balaban J connectivity index is 1.25. The highest BCUT2D eigenvalue weighted by Crippen LogP contribution is 2.31. The summed E-state index contributed by atoms with van der Waals surface area (Å²) in [4.78, 5) is 4.38. The average Bonchev–Trinajstić information content (AvgIpc) is 3.21. The van der Waals surface area contributed by atoms with E-state index < -0.39 is 0 Å². The van der Waals surface area contributed by atoms with Crippen LogP contribution in [0.5, 0.6) is 0 Å². The third-order valence-corrected chi connectivity index (χ3v) is 6.35. The molecule has 4 aromatic carbocycles. The first-order chi connectivity index (χ1) is 16.3. The number of benzene rings is 4. The molecular weight excluding hydrogens is 400 g/mol. The Morgan fingerprint density at radius 2 is 1.03 bits per heavy atom. The van der Waals surface area contributed by atoms with Crippen LogP contribution in [-0.2, 0) is 12.8 Å². The fourth-order valence-electron chi connectivity index (χ4n) is 4.70. The van der Waals surface area contributed by atoms with Crippen LogP contribution in [0.4, 0.5) is 0 Å². The van der Waals surface area contributed by atoms with Crippen LogP contribution in [-0.4, -0.2) is 9.55 Å². The van der Waals surface area contributed by atoms with Gasteiger partial charge in [-0.25, -0.2) is 0 Å². The van der Waals surface area contributed by atoms with E-state index in [9.17, 15) is 0 Å². The largest absolute Gasteiger partial charge is 0.308 e. The van der Waals surface area contributed by atoms with Gasteiger partial charge in [0.1, 0.15) is 0 Å². The summed E-state index contributed by atoms with van der Waals surface area (Å²) in [6.45, 7) is 0. The Bertz CT molecular complexity index is 1470. The molecule has 0 saturated heterocycles. The van der Waals surface area contributed by atoms with E-state index in [1.54, 1.807) is 0 Å². The van der Waals surface area contributed by atoms with E-state index in [-0.39, 0.29) is 0 Å². The van der Waals surface area contributed by atoms with Gasteiger partial charge in [0.25, 0.3) is 0 Å². The summed E-state index contributed by atoms with van der Waals surface area (Å²) in [7, 11) is 0. The van der Waals surface area contributed by atoms with Gasteiger partial charge >= 0.3 is 0 Å². The van der Waals surface area contributed by atoms with Gasteiger partial charge in [0.05, 0.1) is 17.2 Å². The summed E-state index contributed by atoms with van der Waals surface area (Å²) in [6, 6.07) is 39.2. The van der Waals surface area contributed by atoms with Crippen molar-refractivity contribution in [2.45, 2.75) is 12.8 Å². The van der Waals surface area contributed by atoms with Gasteiger partial charge < -0.3 is 4.57 Å². The molecule has 0 atom stereocenters. The third kappa shape index (κ3) is 3.81. The van der Waals surface area contributed by atoms with Crippen molar-refractivity contribution in [2.24, 2.45) is 0 Å². The molecule has 0 bridgehead atoms. The van der Waals surface area contributed by atoms with Crippen molar-refractivity contribution in [3.63, 3.8) is 0 Å². The molecule has 0 unspecified atom stereocenters. The van der Waals surface area contributed by atoms with Crippen molar-refractivity contribution >= 4 is 21.8 Å². The van der Waals surface area contributed by atoms with Gasteiger partial charge in [-0.05, 0) is 59.4 Å². The van der Waals surface area contributed by atoms with Crippen molar-refractivity contribution in [1.82, 2.24) is 9.55 Å². The van der Waals surface area contributed by atoms with E-state index in [1.807, 2.05) is 12.4 Å². The molecule has 0 spiro atoms. The highest BCUT2D eigenvalue weighted by atomic mass is 15.0. The molecule has 0 aliphatic heterocycles. The number of pyridine rings is 1. The topological polar surface area (TPSA) is 17.8 Å². The first-order valence-corrected chi connectivity index (χ1v) is 11.4. The molecule has 0 amide bonds. The molecule has 0 aliphatic rings. The number of aromatic nitrogens is 2. The zero-order valence-corrected chi connectivity index (χ0v) is 18.4. The van der Waals surface area contributed by atoms with Crippen molar-refractivity contribution in [2.75, 3.05) is 0 Å². The summed E-state index contributed by atoms with van der Waals surface area (Å²) in [6.07, 6.45) is 5.73. The summed E-state index contributed by atoms with van der Waals surface area (Å²) >= 11 is 0. The Morgan fingerprint density at radius 1 is 0.485 bits per heavy atom. The van der Waals surface area contributed by atoms with Crippen LogP contribution >= 0.6 is 0 Å². The van der Waals surface area contributed by atoms with Crippen molar-refractivity contribution < 1.29 is 0 Å². The Hall–Kier alpha value is -4.17. The highest BCUT2D eigenvalue weighted by Gasteiger charge is 2.11. The van der Waals surface area contributed by atoms with Crippen LogP contribution in [0.2, 0.25) is 0 Å². The average molecular weight is 425 g/mol. The molecule has 2 aromatic heterocycles. The van der Waals surface area contributed by atoms with Gasteiger partial charge in [-0.15, -0.1) is 0 Å². The molecule has 2 heteroatoms. The quantitative estimate of drug-likeness (QED) is 0.283. The first kappa shape index (κ1) is 19.5. The van der Waals surface area contributed by atoms with Crippen molar-refractivity contribution in [3.05, 3.63) is 144 Å². The Morgan fingerprint density at radius 3 is 1.73 bits per heavy atom. The van der Waals surface area contributed by atoms with Crippen LogP contribution in [0.1, 0.15) is 22.3 Å². The molecule has 0 saturated carbocycles.